The number of carboxylic acid groups (broad SMARTS) is 1. The van der Waals surface area contributed by atoms with Crippen molar-refractivity contribution in [3.63, 3.8) is 0 Å². The molecule has 0 bridgehead atoms. The fraction of sp³-hybridized carbons (Fsp3) is 0.357. The van der Waals surface area contributed by atoms with Gasteiger partial charge >= 0.3 is 5.97 Å². The van der Waals surface area contributed by atoms with Crippen LogP contribution in [0, 0.1) is 0 Å². The first-order chi connectivity index (χ1) is 9.74. The van der Waals surface area contributed by atoms with Crippen molar-refractivity contribution >= 4 is 34.5 Å². The van der Waals surface area contributed by atoms with Crippen molar-refractivity contribution in [1.82, 2.24) is 9.97 Å². The van der Waals surface area contributed by atoms with Crippen LogP contribution in [0.25, 0.3) is 10.9 Å². The molecule has 2 aromatic rings. The molecule has 1 aromatic carbocycles. The first kappa shape index (κ1) is 13.2. The Bertz CT molecular complexity index is 641. The molecule has 1 fully saturated rings. The minimum Gasteiger partial charge on any atom is -0.475 e. The minimum atomic E-state index is -1.10. The van der Waals surface area contributed by atoms with Gasteiger partial charge in [0.15, 0.2) is 0 Å². The highest BCUT2D eigenvalue weighted by Crippen LogP contribution is 2.24. The van der Waals surface area contributed by atoms with Gasteiger partial charge in [0.25, 0.3) is 0 Å². The molecule has 104 valence electrons. The van der Waals surface area contributed by atoms with Crippen molar-refractivity contribution in [3.05, 3.63) is 30.1 Å². The van der Waals surface area contributed by atoms with E-state index in [9.17, 15) is 4.79 Å². The minimum absolute atomic E-state index is 0.158. The average Bonchev–Trinajstić information content (AvgIpc) is 2.48. The number of aromatic nitrogens is 2. The fourth-order valence-electron chi connectivity index (χ4n) is 2.33. The first-order valence-electron chi connectivity index (χ1n) is 6.58. The normalized spacial score (nSPS) is 18.9. The molecule has 0 saturated carbocycles. The van der Waals surface area contributed by atoms with Crippen LogP contribution in [0.1, 0.15) is 23.5 Å². The molecule has 1 aliphatic rings. The maximum atomic E-state index is 11.1. The van der Waals surface area contributed by atoms with E-state index in [-0.39, 0.29) is 5.82 Å². The lowest BCUT2D eigenvalue weighted by molar-refractivity contribution is 0.0684. The maximum Gasteiger partial charge on any atom is 0.374 e. The van der Waals surface area contributed by atoms with Crippen molar-refractivity contribution in [1.29, 1.82) is 0 Å². The van der Waals surface area contributed by atoms with Gasteiger partial charge < -0.3 is 10.4 Å². The number of aromatic carboxylic acids is 1. The summed E-state index contributed by atoms with van der Waals surface area (Å²) in [6, 6.07) is 7.83. The number of anilines is 1. The van der Waals surface area contributed by atoms with Gasteiger partial charge in [-0.2, -0.15) is 11.8 Å². The van der Waals surface area contributed by atoms with Crippen LogP contribution in [0.4, 0.5) is 5.82 Å². The van der Waals surface area contributed by atoms with E-state index in [0.717, 1.165) is 17.6 Å². The van der Waals surface area contributed by atoms with E-state index in [1.807, 2.05) is 36.0 Å². The quantitative estimate of drug-likeness (QED) is 0.904. The SMILES string of the molecule is O=C(O)c1nc(NC2CCCSC2)c2ccccc2n1. The molecular weight excluding hydrogens is 274 g/mol. The average molecular weight is 289 g/mol. The number of hydrogen-bond donors (Lipinski definition) is 2. The van der Waals surface area contributed by atoms with Crippen LogP contribution in [-0.4, -0.2) is 38.6 Å². The molecule has 5 nitrogen and oxygen atoms in total. The Balaban J connectivity index is 2.00. The zero-order chi connectivity index (χ0) is 13.9. The molecule has 0 aliphatic carbocycles. The van der Waals surface area contributed by atoms with Gasteiger partial charge in [0.05, 0.1) is 5.52 Å². The molecule has 6 heteroatoms. The predicted molar refractivity (Wildman–Crippen MR) is 80.5 cm³/mol. The molecule has 2 N–H and O–H groups in total. The number of thioether (sulfide) groups is 1. The lowest BCUT2D eigenvalue weighted by atomic mass is 10.1. The molecule has 0 radical (unpaired) electrons. The van der Waals surface area contributed by atoms with Gasteiger partial charge in [-0.05, 0) is 30.7 Å². The van der Waals surface area contributed by atoms with Crippen molar-refractivity contribution in [2.45, 2.75) is 18.9 Å². The number of hydrogen-bond acceptors (Lipinski definition) is 5. The van der Waals surface area contributed by atoms with Crippen LogP contribution >= 0.6 is 11.8 Å². The lowest BCUT2D eigenvalue weighted by Crippen LogP contribution is -2.26. The monoisotopic (exact) mass is 289 g/mol. The zero-order valence-electron chi connectivity index (χ0n) is 10.9. The molecule has 20 heavy (non-hydrogen) atoms. The van der Waals surface area contributed by atoms with Crippen molar-refractivity contribution in [2.24, 2.45) is 0 Å². The number of rotatable bonds is 3. The molecule has 0 spiro atoms. The standard InChI is InChI=1S/C14H15N3O2S/c18-14(19)13-16-11-6-2-1-5-10(11)12(17-13)15-9-4-3-7-20-8-9/h1-2,5-6,9H,3-4,7-8H2,(H,18,19)(H,15,16,17). The molecule has 1 unspecified atom stereocenters. The number of fused-ring (bicyclic) bond motifs is 1. The topological polar surface area (TPSA) is 75.1 Å². The second-order valence-corrected chi connectivity index (χ2v) is 5.93. The predicted octanol–water partition coefficient (Wildman–Crippen LogP) is 2.64. The summed E-state index contributed by atoms with van der Waals surface area (Å²) in [4.78, 5) is 19.4. The van der Waals surface area contributed by atoms with Crippen LogP contribution in [0.15, 0.2) is 24.3 Å². The van der Waals surface area contributed by atoms with E-state index in [1.54, 1.807) is 0 Å². The maximum absolute atomic E-state index is 11.1. The molecule has 1 saturated heterocycles. The Morgan fingerprint density at radius 2 is 2.20 bits per heavy atom. The second-order valence-electron chi connectivity index (χ2n) is 4.78. The van der Waals surface area contributed by atoms with Gasteiger partial charge in [-0.3, -0.25) is 0 Å². The lowest BCUT2D eigenvalue weighted by Gasteiger charge is -2.23. The first-order valence-corrected chi connectivity index (χ1v) is 7.74. The van der Waals surface area contributed by atoms with Crippen LogP contribution < -0.4 is 5.32 Å². The second kappa shape index (κ2) is 5.66. The summed E-state index contributed by atoms with van der Waals surface area (Å²) >= 11 is 1.92. The highest BCUT2D eigenvalue weighted by Gasteiger charge is 2.17. The summed E-state index contributed by atoms with van der Waals surface area (Å²) in [6.45, 7) is 0. The molecule has 1 atom stereocenters. The zero-order valence-corrected chi connectivity index (χ0v) is 11.7. The van der Waals surface area contributed by atoms with E-state index >= 15 is 0 Å². The number of carboxylic acids is 1. The Hall–Kier alpha value is -1.82. The van der Waals surface area contributed by atoms with Crippen LogP contribution in [0.3, 0.4) is 0 Å². The molecule has 2 heterocycles. The largest absolute Gasteiger partial charge is 0.475 e. The number of para-hydroxylation sites is 1. The summed E-state index contributed by atoms with van der Waals surface area (Å²) in [6.07, 6.45) is 2.27. The smallest absolute Gasteiger partial charge is 0.374 e. The van der Waals surface area contributed by atoms with Crippen LogP contribution in [0.5, 0.6) is 0 Å². The van der Waals surface area contributed by atoms with E-state index in [2.05, 4.69) is 15.3 Å². The van der Waals surface area contributed by atoms with Gasteiger partial charge in [-0.1, -0.05) is 12.1 Å². The summed E-state index contributed by atoms with van der Waals surface area (Å²) < 4.78 is 0. The van der Waals surface area contributed by atoms with Gasteiger partial charge in [0.1, 0.15) is 5.82 Å². The third-order valence-corrected chi connectivity index (χ3v) is 4.51. The van der Waals surface area contributed by atoms with Gasteiger partial charge in [0.2, 0.25) is 5.82 Å². The van der Waals surface area contributed by atoms with E-state index in [0.29, 0.717) is 17.4 Å². The molecule has 1 aromatic heterocycles. The van der Waals surface area contributed by atoms with Crippen molar-refractivity contribution in [3.8, 4) is 0 Å². The highest BCUT2D eigenvalue weighted by atomic mass is 32.2. The highest BCUT2D eigenvalue weighted by molar-refractivity contribution is 7.99. The number of nitrogens with zero attached hydrogens (tertiary/aromatic N) is 2. The van der Waals surface area contributed by atoms with E-state index < -0.39 is 5.97 Å². The van der Waals surface area contributed by atoms with Crippen LogP contribution in [-0.2, 0) is 0 Å². The van der Waals surface area contributed by atoms with Gasteiger partial charge in [-0.25, -0.2) is 14.8 Å². The molecule has 0 amide bonds. The molecule has 1 aliphatic heterocycles. The van der Waals surface area contributed by atoms with Crippen molar-refractivity contribution < 1.29 is 9.90 Å². The summed E-state index contributed by atoms with van der Waals surface area (Å²) in [7, 11) is 0. The Morgan fingerprint density at radius 1 is 1.35 bits per heavy atom. The third kappa shape index (κ3) is 2.70. The fourth-order valence-corrected chi connectivity index (χ4v) is 3.40. The summed E-state index contributed by atoms with van der Waals surface area (Å²) in [5.41, 5.74) is 0.658. The number of carbonyl (C=O) groups is 1. The number of benzene rings is 1. The summed E-state index contributed by atoms with van der Waals surface area (Å²) in [5.74, 6) is 1.59. The molecular formula is C14H15N3O2S. The Labute approximate surface area is 120 Å². The van der Waals surface area contributed by atoms with E-state index in [1.165, 1.54) is 12.2 Å². The molecule has 3 rings (SSSR count). The number of nitrogens with one attached hydrogen (secondary N) is 1. The van der Waals surface area contributed by atoms with Gasteiger partial charge in [-0.15, -0.1) is 0 Å². The van der Waals surface area contributed by atoms with Crippen LogP contribution in [0.2, 0.25) is 0 Å². The van der Waals surface area contributed by atoms with Gasteiger partial charge in [0, 0.05) is 17.2 Å². The Kier molecular flexibility index (Phi) is 3.73. The van der Waals surface area contributed by atoms with E-state index in [4.69, 9.17) is 5.11 Å². The van der Waals surface area contributed by atoms with Crippen molar-refractivity contribution in [2.75, 3.05) is 16.8 Å². The third-order valence-electron chi connectivity index (χ3n) is 3.30. The Morgan fingerprint density at radius 3 is 2.95 bits per heavy atom. The summed E-state index contributed by atoms with van der Waals surface area (Å²) in [5, 5.41) is 13.4.